The third kappa shape index (κ3) is 1.09. The Balaban J connectivity index is 1.95. The van der Waals surface area contributed by atoms with Crippen molar-refractivity contribution in [3.63, 3.8) is 0 Å². The van der Waals surface area contributed by atoms with Gasteiger partial charge < -0.3 is 5.73 Å². The predicted molar refractivity (Wildman–Crippen MR) is 54.3 cm³/mol. The van der Waals surface area contributed by atoms with Crippen LogP contribution in [0.25, 0.3) is 0 Å². The third-order valence-electron chi connectivity index (χ3n) is 4.91. The summed E-state index contributed by atoms with van der Waals surface area (Å²) in [7, 11) is 0. The van der Waals surface area contributed by atoms with Crippen LogP contribution >= 0.6 is 0 Å². The summed E-state index contributed by atoms with van der Waals surface area (Å²) in [6.07, 6.45) is 8.88. The van der Waals surface area contributed by atoms with Crippen LogP contribution in [0.15, 0.2) is 0 Å². The van der Waals surface area contributed by atoms with E-state index in [0.717, 1.165) is 18.4 Å². The van der Waals surface area contributed by atoms with E-state index in [2.05, 4.69) is 6.92 Å². The lowest BCUT2D eigenvalue weighted by Gasteiger charge is -2.61. The molecule has 4 saturated carbocycles. The summed E-state index contributed by atoms with van der Waals surface area (Å²) >= 11 is 0. The highest BCUT2D eigenvalue weighted by molar-refractivity contribution is 5.06. The van der Waals surface area contributed by atoms with Gasteiger partial charge in [0.1, 0.15) is 0 Å². The van der Waals surface area contributed by atoms with E-state index in [1.54, 1.807) is 0 Å². The second-order valence-corrected chi connectivity index (χ2v) is 6.48. The van der Waals surface area contributed by atoms with Gasteiger partial charge in [-0.25, -0.2) is 0 Å². The molecule has 1 nitrogen and oxygen atoms in total. The third-order valence-corrected chi connectivity index (χ3v) is 4.91. The van der Waals surface area contributed by atoms with Crippen molar-refractivity contribution >= 4 is 0 Å². The van der Waals surface area contributed by atoms with Crippen LogP contribution in [-0.2, 0) is 0 Å². The van der Waals surface area contributed by atoms with Crippen molar-refractivity contribution in [2.75, 3.05) is 6.54 Å². The van der Waals surface area contributed by atoms with Crippen LogP contribution in [-0.4, -0.2) is 6.54 Å². The normalized spacial score (nSPS) is 58.6. The Labute approximate surface area is 81.1 Å². The standard InChI is InChI=1S/C12H21N/c1-11-3-9-2-10(4-11)6-12(5-9,7-11)8-13/h9-10H,2-8,13H2,1H3/t9-,10-,11?,12?/m1/s1. The lowest BCUT2D eigenvalue weighted by Crippen LogP contribution is -2.53. The molecule has 2 atom stereocenters. The summed E-state index contributed by atoms with van der Waals surface area (Å²) in [4.78, 5) is 0. The van der Waals surface area contributed by atoms with Gasteiger partial charge in [0.15, 0.2) is 0 Å². The van der Waals surface area contributed by atoms with Crippen molar-refractivity contribution in [3.8, 4) is 0 Å². The van der Waals surface area contributed by atoms with Gasteiger partial charge in [0, 0.05) is 0 Å². The molecule has 0 aromatic rings. The molecule has 0 heterocycles. The van der Waals surface area contributed by atoms with E-state index in [9.17, 15) is 0 Å². The maximum atomic E-state index is 5.99. The van der Waals surface area contributed by atoms with E-state index < -0.39 is 0 Å². The quantitative estimate of drug-likeness (QED) is 0.657. The molecule has 0 aromatic carbocycles. The van der Waals surface area contributed by atoms with Crippen molar-refractivity contribution in [2.45, 2.75) is 45.4 Å². The topological polar surface area (TPSA) is 26.0 Å². The van der Waals surface area contributed by atoms with Crippen LogP contribution in [0.1, 0.15) is 45.4 Å². The molecule has 0 aromatic heterocycles. The van der Waals surface area contributed by atoms with Crippen molar-refractivity contribution in [2.24, 2.45) is 28.4 Å². The van der Waals surface area contributed by atoms with Crippen molar-refractivity contribution in [1.82, 2.24) is 0 Å². The molecular formula is C12H21N. The SMILES string of the molecule is CC12C[C@H]3C[C@H](C1)CC(CN)(C3)C2. The Morgan fingerprint density at radius 2 is 1.77 bits per heavy atom. The molecule has 0 spiro atoms. The minimum absolute atomic E-state index is 0.582. The molecule has 0 aliphatic heterocycles. The summed E-state index contributed by atoms with van der Waals surface area (Å²) in [5.41, 5.74) is 7.25. The summed E-state index contributed by atoms with van der Waals surface area (Å²) < 4.78 is 0. The predicted octanol–water partition coefficient (Wildman–Crippen LogP) is 2.55. The molecule has 4 aliphatic rings. The van der Waals surface area contributed by atoms with Gasteiger partial charge in [-0.15, -0.1) is 0 Å². The first kappa shape index (κ1) is 8.28. The van der Waals surface area contributed by atoms with Crippen LogP contribution in [0.2, 0.25) is 0 Å². The molecule has 4 rings (SSSR count). The van der Waals surface area contributed by atoms with Gasteiger partial charge in [-0.3, -0.25) is 0 Å². The van der Waals surface area contributed by atoms with E-state index in [1.165, 1.54) is 38.5 Å². The van der Waals surface area contributed by atoms with Gasteiger partial charge in [-0.1, -0.05) is 6.92 Å². The minimum atomic E-state index is 0.582. The van der Waals surface area contributed by atoms with Gasteiger partial charge in [-0.2, -0.15) is 0 Å². The Hall–Kier alpha value is -0.0400. The maximum Gasteiger partial charge on any atom is -0.00201 e. The van der Waals surface area contributed by atoms with Crippen molar-refractivity contribution < 1.29 is 0 Å². The van der Waals surface area contributed by atoms with Gasteiger partial charge in [0.2, 0.25) is 0 Å². The van der Waals surface area contributed by atoms with Crippen LogP contribution in [0.3, 0.4) is 0 Å². The molecule has 0 radical (unpaired) electrons. The number of nitrogens with two attached hydrogens (primary N) is 1. The van der Waals surface area contributed by atoms with Gasteiger partial charge in [0.25, 0.3) is 0 Å². The van der Waals surface area contributed by atoms with Crippen molar-refractivity contribution in [3.05, 3.63) is 0 Å². The van der Waals surface area contributed by atoms with Gasteiger partial charge >= 0.3 is 0 Å². The average Bonchev–Trinajstić information content (AvgIpc) is 1.99. The summed E-state index contributed by atoms with van der Waals surface area (Å²) in [5.74, 6) is 2.07. The highest BCUT2D eigenvalue weighted by Gasteiger charge is 2.54. The maximum absolute atomic E-state index is 5.99. The molecular weight excluding hydrogens is 158 g/mol. The van der Waals surface area contributed by atoms with Crippen LogP contribution in [0, 0.1) is 22.7 Å². The Bertz CT molecular complexity index is 219. The zero-order chi connectivity index (χ0) is 9.10. The van der Waals surface area contributed by atoms with Crippen LogP contribution < -0.4 is 5.73 Å². The van der Waals surface area contributed by atoms with Crippen LogP contribution in [0.4, 0.5) is 0 Å². The fraction of sp³-hybridized carbons (Fsp3) is 1.00. The Kier molecular flexibility index (Phi) is 1.47. The van der Waals surface area contributed by atoms with E-state index in [0.29, 0.717) is 10.8 Å². The molecule has 4 bridgehead atoms. The lowest BCUT2D eigenvalue weighted by atomic mass is 9.45. The van der Waals surface area contributed by atoms with Crippen LogP contribution in [0.5, 0.6) is 0 Å². The number of hydrogen-bond donors (Lipinski definition) is 1. The molecule has 0 unspecified atom stereocenters. The molecule has 74 valence electrons. The molecule has 2 N–H and O–H groups in total. The second kappa shape index (κ2) is 2.31. The largest absolute Gasteiger partial charge is 0.330 e. The minimum Gasteiger partial charge on any atom is -0.330 e. The zero-order valence-electron chi connectivity index (χ0n) is 8.68. The van der Waals surface area contributed by atoms with Gasteiger partial charge in [-0.05, 0) is 67.7 Å². The fourth-order valence-electron chi connectivity index (χ4n) is 5.17. The fourth-order valence-corrected chi connectivity index (χ4v) is 5.17. The zero-order valence-corrected chi connectivity index (χ0v) is 8.68. The first-order valence-corrected chi connectivity index (χ1v) is 5.83. The first-order valence-electron chi connectivity index (χ1n) is 5.83. The van der Waals surface area contributed by atoms with E-state index in [-0.39, 0.29) is 0 Å². The highest BCUT2D eigenvalue weighted by atomic mass is 14.7. The first-order chi connectivity index (χ1) is 6.13. The molecule has 0 saturated heterocycles. The highest BCUT2D eigenvalue weighted by Crippen LogP contribution is 2.64. The molecule has 13 heavy (non-hydrogen) atoms. The Morgan fingerprint density at radius 1 is 1.15 bits per heavy atom. The molecule has 1 heteroatoms. The summed E-state index contributed by atoms with van der Waals surface area (Å²) in [6, 6.07) is 0. The van der Waals surface area contributed by atoms with E-state index in [4.69, 9.17) is 5.73 Å². The average molecular weight is 179 g/mol. The van der Waals surface area contributed by atoms with E-state index >= 15 is 0 Å². The monoisotopic (exact) mass is 179 g/mol. The number of hydrogen-bond acceptors (Lipinski definition) is 1. The molecule has 4 aliphatic carbocycles. The lowest BCUT2D eigenvalue weighted by molar-refractivity contribution is -0.0964. The van der Waals surface area contributed by atoms with Crippen molar-refractivity contribution in [1.29, 1.82) is 0 Å². The van der Waals surface area contributed by atoms with Gasteiger partial charge in [0.05, 0.1) is 0 Å². The van der Waals surface area contributed by atoms with E-state index in [1.807, 2.05) is 0 Å². The second-order valence-electron chi connectivity index (χ2n) is 6.48. The Morgan fingerprint density at radius 3 is 2.23 bits per heavy atom. The number of rotatable bonds is 1. The molecule has 4 fully saturated rings. The molecule has 0 amide bonds. The smallest absolute Gasteiger partial charge is 0.00201 e. The summed E-state index contributed by atoms with van der Waals surface area (Å²) in [6.45, 7) is 3.46. The summed E-state index contributed by atoms with van der Waals surface area (Å²) in [5, 5.41) is 0.